The van der Waals surface area contributed by atoms with Crippen molar-refractivity contribution in [2.24, 2.45) is 0 Å². The zero-order valence-corrected chi connectivity index (χ0v) is 11.5. The molecule has 106 valence electrons. The molecule has 0 atom stereocenters. The van der Waals surface area contributed by atoms with Gasteiger partial charge >= 0.3 is 0 Å². The van der Waals surface area contributed by atoms with E-state index in [9.17, 15) is 4.39 Å². The molecular weight excluding hydrogens is 279 g/mol. The number of fused-ring (bicyclic) bond motifs is 1. The first-order valence-corrected chi connectivity index (χ1v) is 6.83. The van der Waals surface area contributed by atoms with Gasteiger partial charge in [-0.05, 0) is 48.5 Å². The van der Waals surface area contributed by atoms with Crippen LogP contribution in [0.3, 0.4) is 0 Å². The van der Waals surface area contributed by atoms with Crippen molar-refractivity contribution < 1.29 is 4.39 Å². The topological polar surface area (TPSA) is 43.6 Å². The minimum absolute atomic E-state index is 0.272. The van der Waals surface area contributed by atoms with Crippen molar-refractivity contribution in [3.05, 3.63) is 72.9 Å². The number of rotatable bonds is 2. The van der Waals surface area contributed by atoms with Gasteiger partial charge in [0.25, 0.3) is 0 Å². The summed E-state index contributed by atoms with van der Waals surface area (Å²) in [6.45, 7) is 0. The normalized spacial score (nSPS) is 11.0. The van der Waals surface area contributed by atoms with E-state index in [1.165, 1.54) is 12.1 Å². The number of hydrogen-bond donors (Lipinski definition) is 0. The first-order valence-electron chi connectivity index (χ1n) is 6.83. The highest BCUT2D eigenvalue weighted by atomic mass is 19.1. The second kappa shape index (κ2) is 5.04. The van der Waals surface area contributed by atoms with Crippen LogP contribution < -0.4 is 0 Å². The van der Waals surface area contributed by atoms with Gasteiger partial charge in [0.1, 0.15) is 17.2 Å². The first kappa shape index (κ1) is 12.6. The predicted molar refractivity (Wildman–Crippen MR) is 82.1 cm³/mol. The van der Waals surface area contributed by atoms with E-state index in [4.69, 9.17) is 0 Å². The van der Waals surface area contributed by atoms with Gasteiger partial charge in [0.2, 0.25) is 0 Å². The lowest BCUT2D eigenvalue weighted by Crippen LogP contribution is -1.98. The zero-order chi connectivity index (χ0) is 14.9. The molecule has 1 aromatic carbocycles. The quantitative estimate of drug-likeness (QED) is 0.566. The van der Waals surface area contributed by atoms with Crippen molar-refractivity contribution in [1.29, 1.82) is 0 Å². The third kappa shape index (κ3) is 2.03. The Morgan fingerprint density at radius 1 is 0.864 bits per heavy atom. The summed E-state index contributed by atoms with van der Waals surface area (Å²) in [5.74, 6) is 0.481. The Morgan fingerprint density at radius 2 is 1.64 bits per heavy atom. The van der Waals surface area contributed by atoms with Crippen LogP contribution in [0, 0.1) is 5.82 Å². The van der Waals surface area contributed by atoms with Crippen LogP contribution in [0.1, 0.15) is 0 Å². The van der Waals surface area contributed by atoms with Crippen LogP contribution in [0.25, 0.3) is 28.2 Å². The highest BCUT2D eigenvalue weighted by Crippen LogP contribution is 2.27. The molecule has 0 fully saturated rings. The van der Waals surface area contributed by atoms with Crippen LogP contribution in [0.15, 0.2) is 67.1 Å². The standard InChI is InChI=1S/C17H11FN4/c18-13-3-5-14(6-4-13)22-16(12-7-10-19-11-8-12)21-15-2-1-9-20-17(15)22/h1-11H. The maximum absolute atomic E-state index is 13.2. The van der Waals surface area contributed by atoms with Crippen LogP contribution in [-0.4, -0.2) is 19.5 Å². The van der Waals surface area contributed by atoms with Crippen molar-refractivity contribution >= 4 is 11.2 Å². The molecule has 0 aliphatic carbocycles. The first-order chi connectivity index (χ1) is 10.8. The molecule has 0 amide bonds. The van der Waals surface area contributed by atoms with E-state index in [0.717, 1.165) is 28.2 Å². The predicted octanol–water partition coefficient (Wildman–Crippen LogP) is 3.62. The highest BCUT2D eigenvalue weighted by Gasteiger charge is 2.14. The Hall–Kier alpha value is -3.08. The van der Waals surface area contributed by atoms with Crippen LogP contribution in [-0.2, 0) is 0 Å². The largest absolute Gasteiger partial charge is 0.277 e. The van der Waals surface area contributed by atoms with Crippen LogP contribution in [0.4, 0.5) is 4.39 Å². The molecule has 4 rings (SSSR count). The van der Waals surface area contributed by atoms with Gasteiger partial charge in [-0.25, -0.2) is 14.4 Å². The molecule has 22 heavy (non-hydrogen) atoms. The summed E-state index contributed by atoms with van der Waals surface area (Å²) in [5.41, 5.74) is 3.27. The molecule has 3 aromatic heterocycles. The fraction of sp³-hybridized carbons (Fsp3) is 0. The Kier molecular flexibility index (Phi) is 2.89. The van der Waals surface area contributed by atoms with Gasteiger partial charge in [-0.1, -0.05) is 0 Å². The molecule has 0 spiro atoms. The molecule has 0 unspecified atom stereocenters. The lowest BCUT2D eigenvalue weighted by molar-refractivity contribution is 0.627. The summed E-state index contributed by atoms with van der Waals surface area (Å²) in [6.07, 6.45) is 5.16. The van der Waals surface area contributed by atoms with Crippen molar-refractivity contribution in [3.63, 3.8) is 0 Å². The SMILES string of the molecule is Fc1ccc(-n2c(-c3ccncc3)nc3cccnc32)cc1. The van der Waals surface area contributed by atoms with Crippen LogP contribution >= 0.6 is 0 Å². The van der Waals surface area contributed by atoms with Crippen molar-refractivity contribution in [1.82, 2.24) is 19.5 Å². The van der Waals surface area contributed by atoms with Crippen LogP contribution in [0.5, 0.6) is 0 Å². The Labute approximate surface area is 125 Å². The molecular formula is C17H11FN4. The van der Waals surface area contributed by atoms with Gasteiger partial charge in [-0.15, -0.1) is 0 Å². The van der Waals surface area contributed by atoms with Crippen LogP contribution in [0.2, 0.25) is 0 Å². The number of pyridine rings is 2. The molecule has 0 aliphatic rings. The number of nitrogens with zero attached hydrogens (tertiary/aromatic N) is 4. The highest BCUT2D eigenvalue weighted by molar-refractivity contribution is 5.79. The monoisotopic (exact) mass is 290 g/mol. The molecule has 4 nitrogen and oxygen atoms in total. The molecule has 0 saturated heterocycles. The second-order valence-electron chi connectivity index (χ2n) is 4.83. The summed E-state index contributed by atoms with van der Waals surface area (Å²) < 4.78 is 15.1. The van der Waals surface area contributed by atoms with E-state index in [0.29, 0.717) is 0 Å². The summed E-state index contributed by atoms with van der Waals surface area (Å²) in [4.78, 5) is 13.1. The summed E-state index contributed by atoms with van der Waals surface area (Å²) >= 11 is 0. The number of hydrogen-bond acceptors (Lipinski definition) is 3. The van der Waals surface area contributed by atoms with E-state index in [2.05, 4.69) is 15.0 Å². The fourth-order valence-corrected chi connectivity index (χ4v) is 2.44. The minimum Gasteiger partial charge on any atom is -0.277 e. The summed E-state index contributed by atoms with van der Waals surface area (Å²) in [7, 11) is 0. The lowest BCUT2D eigenvalue weighted by Gasteiger charge is -2.08. The molecule has 5 heteroatoms. The van der Waals surface area contributed by atoms with Gasteiger partial charge in [0.15, 0.2) is 5.65 Å². The van der Waals surface area contributed by atoms with E-state index in [-0.39, 0.29) is 5.82 Å². The average molecular weight is 290 g/mol. The Morgan fingerprint density at radius 3 is 2.41 bits per heavy atom. The third-order valence-electron chi connectivity index (χ3n) is 3.44. The van der Waals surface area contributed by atoms with E-state index in [1.54, 1.807) is 30.7 Å². The molecule has 0 radical (unpaired) electrons. The fourth-order valence-electron chi connectivity index (χ4n) is 2.44. The number of benzene rings is 1. The van der Waals surface area contributed by atoms with Crippen molar-refractivity contribution in [2.45, 2.75) is 0 Å². The molecule has 0 bridgehead atoms. The molecule has 3 heterocycles. The number of imidazole rings is 1. The molecule has 0 N–H and O–H groups in total. The number of aromatic nitrogens is 4. The molecule has 0 saturated carbocycles. The Balaban J connectivity index is 2.04. The summed E-state index contributed by atoms with van der Waals surface area (Å²) in [6, 6.07) is 13.8. The van der Waals surface area contributed by atoms with Crippen molar-refractivity contribution in [2.75, 3.05) is 0 Å². The average Bonchev–Trinajstić information content (AvgIpc) is 2.96. The van der Waals surface area contributed by atoms with Gasteiger partial charge in [-0.2, -0.15) is 0 Å². The second-order valence-corrected chi connectivity index (χ2v) is 4.83. The Bertz CT molecular complexity index is 930. The lowest BCUT2D eigenvalue weighted by atomic mass is 10.2. The maximum atomic E-state index is 13.2. The zero-order valence-electron chi connectivity index (χ0n) is 11.5. The van der Waals surface area contributed by atoms with Gasteiger partial charge in [0, 0.05) is 29.8 Å². The van der Waals surface area contributed by atoms with Gasteiger partial charge < -0.3 is 0 Å². The van der Waals surface area contributed by atoms with Gasteiger partial charge in [-0.3, -0.25) is 9.55 Å². The van der Waals surface area contributed by atoms with Crippen molar-refractivity contribution in [3.8, 4) is 17.1 Å². The molecule has 4 aromatic rings. The smallest absolute Gasteiger partial charge is 0.164 e. The van der Waals surface area contributed by atoms with E-state index in [1.807, 2.05) is 28.8 Å². The number of halogens is 1. The van der Waals surface area contributed by atoms with Gasteiger partial charge in [0.05, 0.1) is 0 Å². The summed E-state index contributed by atoms with van der Waals surface area (Å²) in [5, 5.41) is 0. The van der Waals surface area contributed by atoms with E-state index < -0.39 is 0 Å². The maximum Gasteiger partial charge on any atom is 0.164 e. The third-order valence-corrected chi connectivity index (χ3v) is 3.44. The molecule has 0 aliphatic heterocycles. The minimum atomic E-state index is -0.272. The van der Waals surface area contributed by atoms with E-state index >= 15 is 0 Å².